The van der Waals surface area contributed by atoms with Crippen molar-refractivity contribution in [2.75, 3.05) is 33.2 Å². The fourth-order valence-electron chi connectivity index (χ4n) is 2.25. The molecule has 0 aromatic rings. The normalized spacial score (nSPS) is 22.6. The van der Waals surface area contributed by atoms with Crippen molar-refractivity contribution in [3.63, 3.8) is 0 Å². The largest absolute Gasteiger partial charge is 0.481 e. The Balaban J connectivity index is 2.13. The summed E-state index contributed by atoms with van der Waals surface area (Å²) in [4.78, 5) is 13.3. The number of nitrogens with one attached hydrogen (secondary N) is 1. The van der Waals surface area contributed by atoms with Gasteiger partial charge in [-0.05, 0) is 65.7 Å². The van der Waals surface area contributed by atoms with E-state index in [0.29, 0.717) is 6.42 Å². The van der Waals surface area contributed by atoms with Gasteiger partial charge >= 0.3 is 5.97 Å². The first-order valence-corrected chi connectivity index (χ1v) is 6.54. The highest BCUT2D eigenvalue weighted by molar-refractivity contribution is 5.73. The Kier molecular flexibility index (Phi) is 5.40. The average Bonchev–Trinajstić information content (AvgIpc) is 2.24. The predicted molar refractivity (Wildman–Crippen MR) is 69.1 cm³/mol. The Bertz CT molecular complexity index is 254. The number of hydrogen-bond acceptors (Lipinski definition) is 3. The molecule has 0 aliphatic carbocycles. The van der Waals surface area contributed by atoms with Gasteiger partial charge in [0.05, 0.1) is 5.41 Å². The quantitative estimate of drug-likeness (QED) is 0.692. The van der Waals surface area contributed by atoms with E-state index in [0.717, 1.165) is 25.6 Å². The first-order chi connectivity index (χ1) is 7.92. The van der Waals surface area contributed by atoms with Crippen molar-refractivity contribution in [2.45, 2.75) is 33.1 Å². The molecule has 1 atom stereocenters. The highest BCUT2D eigenvalue weighted by atomic mass is 16.4. The van der Waals surface area contributed by atoms with Gasteiger partial charge in [-0.1, -0.05) is 0 Å². The number of rotatable bonds is 6. The number of nitrogens with zero attached hydrogens (tertiary/aromatic N) is 1. The van der Waals surface area contributed by atoms with Crippen molar-refractivity contribution in [1.29, 1.82) is 0 Å². The molecule has 1 aliphatic rings. The van der Waals surface area contributed by atoms with Crippen LogP contribution < -0.4 is 5.32 Å². The van der Waals surface area contributed by atoms with E-state index >= 15 is 0 Å². The third-order valence-corrected chi connectivity index (χ3v) is 3.66. The van der Waals surface area contributed by atoms with Crippen LogP contribution in [-0.2, 0) is 4.79 Å². The molecule has 1 heterocycles. The fraction of sp³-hybridized carbons (Fsp3) is 0.923. The minimum absolute atomic E-state index is 0.615. The second-order valence-electron chi connectivity index (χ2n) is 5.91. The Labute approximate surface area is 104 Å². The standard InChI is InChI=1S/C13H26N2O2/c1-13(2,12(16)17)6-7-14-9-11-5-4-8-15(3)10-11/h11,14H,4-10H2,1-3H3,(H,16,17). The SMILES string of the molecule is CN1CCCC(CNCCC(C)(C)C(=O)O)C1. The van der Waals surface area contributed by atoms with Crippen LogP contribution in [0.25, 0.3) is 0 Å². The van der Waals surface area contributed by atoms with Gasteiger partial charge in [0.2, 0.25) is 0 Å². The van der Waals surface area contributed by atoms with Crippen LogP contribution in [-0.4, -0.2) is 49.2 Å². The molecule has 0 saturated carbocycles. The number of likely N-dealkylation sites (tertiary alicyclic amines) is 1. The third-order valence-electron chi connectivity index (χ3n) is 3.66. The molecule has 1 unspecified atom stereocenters. The topological polar surface area (TPSA) is 52.6 Å². The van der Waals surface area contributed by atoms with Gasteiger partial charge in [0.1, 0.15) is 0 Å². The summed E-state index contributed by atoms with van der Waals surface area (Å²) in [6, 6.07) is 0. The molecule has 0 spiro atoms. The van der Waals surface area contributed by atoms with E-state index in [-0.39, 0.29) is 0 Å². The number of piperidine rings is 1. The number of carbonyl (C=O) groups is 1. The Morgan fingerprint density at radius 2 is 2.24 bits per heavy atom. The lowest BCUT2D eigenvalue weighted by molar-refractivity contribution is -0.147. The molecule has 0 radical (unpaired) electrons. The number of carboxylic acids is 1. The van der Waals surface area contributed by atoms with Crippen LogP contribution in [0.3, 0.4) is 0 Å². The van der Waals surface area contributed by atoms with Crippen LogP contribution in [0.15, 0.2) is 0 Å². The molecule has 2 N–H and O–H groups in total. The highest BCUT2D eigenvalue weighted by Crippen LogP contribution is 2.19. The van der Waals surface area contributed by atoms with Crippen LogP contribution in [0.2, 0.25) is 0 Å². The minimum Gasteiger partial charge on any atom is -0.481 e. The second-order valence-corrected chi connectivity index (χ2v) is 5.91. The lowest BCUT2D eigenvalue weighted by Gasteiger charge is -2.30. The second kappa shape index (κ2) is 6.36. The Morgan fingerprint density at radius 3 is 2.82 bits per heavy atom. The molecule has 1 saturated heterocycles. The van der Waals surface area contributed by atoms with Crippen molar-refractivity contribution in [1.82, 2.24) is 10.2 Å². The van der Waals surface area contributed by atoms with Crippen molar-refractivity contribution in [2.24, 2.45) is 11.3 Å². The van der Waals surface area contributed by atoms with Crippen molar-refractivity contribution >= 4 is 5.97 Å². The first-order valence-electron chi connectivity index (χ1n) is 6.54. The fourth-order valence-corrected chi connectivity index (χ4v) is 2.25. The summed E-state index contributed by atoms with van der Waals surface area (Å²) < 4.78 is 0. The van der Waals surface area contributed by atoms with Crippen LogP contribution >= 0.6 is 0 Å². The first kappa shape index (κ1) is 14.5. The molecular weight excluding hydrogens is 216 g/mol. The van der Waals surface area contributed by atoms with E-state index < -0.39 is 11.4 Å². The number of carboxylic acid groups (broad SMARTS) is 1. The Hall–Kier alpha value is -0.610. The van der Waals surface area contributed by atoms with Gasteiger partial charge in [0.25, 0.3) is 0 Å². The maximum atomic E-state index is 10.9. The molecule has 1 aliphatic heterocycles. The summed E-state index contributed by atoms with van der Waals surface area (Å²) in [6.07, 6.45) is 3.26. The minimum atomic E-state index is -0.711. The van der Waals surface area contributed by atoms with Gasteiger partial charge in [-0.2, -0.15) is 0 Å². The summed E-state index contributed by atoms with van der Waals surface area (Å²) in [5.41, 5.74) is -0.615. The highest BCUT2D eigenvalue weighted by Gasteiger charge is 2.26. The summed E-state index contributed by atoms with van der Waals surface area (Å²) in [5, 5.41) is 12.4. The molecule has 100 valence electrons. The molecule has 1 fully saturated rings. The zero-order valence-electron chi connectivity index (χ0n) is 11.3. The predicted octanol–water partition coefficient (Wildman–Crippen LogP) is 1.42. The zero-order chi connectivity index (χ0) is 12.9. The summed E-state index contributed by atoms with van der Waals surface area (Å²) in [5.74, 6) is 0.0124. The molecule has 4 heteroatoms. The molecule has 0 aromatic carbocycles. The molecule has 0 bridgehead atoms. The van der Waals surface area contributed by atoms with Gasteiger partial charge in [-0.25, -0.2) is 0 Å². The average molecular weight is 242 g/mol. The monoisotopic (exact) mass is 242 g/mol. The number of aliphatic carboxylic acids is 1. The van der Waals surface area contributed by atoms with E-state index in [2.05, 4.69) is 17.3 Å². The lowest BCUT2D eigenvalue weighted by Crippen LogP contribution is -2.38. The summed E-state index contributed by atoms with van der Waals surface area (Å²) >= 11 is 0. The maximum Gasteiger partial charge on any atom is 0.309 e. The number of hydrogen-bond donors (Lipinski definition) is 2. The van der Waals surface area contributed by atoms with E-state index in [9.17, 15) is 4.79 Å². The van der Waals surface area contributed by atoms with E-state index in [1.54, 1.807) is 13.8 Å². The van der Waals surface area contributed by atoms with Crippen molar-refractivity contribution < 1.29 is 9.90 Å². The summed E-state index contributed by atoms with van der Waals surface area (Å²) in [6.45, 7) is 7.74. The van der Waals surface area contributed by atoms with Crippen LogP contribution in [0, 0.1) is 11.3 Å². The van der Waals surface area contributed by atoms with Crippen molar-refractivity contribution in [3.05, 3.63) is 0 Å². The zero-order valence-corrected chi connectivity index (χ0v) is 11.3. The van der Waals surface area contributed by atoms with Crippen molar-refractivity contribution in [3.8, 4) is 0 Å². The molecule has 4 nitrogen and oxygen atoms in total. The molecule has 0 amide bonds. The van der Waals surface area contributed by atoms with Gasteiger partial charge in [0.15, 0.2) is 0 Å². The van der Waals surface area contributed by atoms with Crippen LogP contribution in [0.5, 0.6) is 0 Å². The van der Waals surface area contributed by atoms with Gasteiger partial charge in [-0.15, -0.1) is 0 Å². The van der Waals surface area contributed by atoms with Gasteiger partial charge in [0, 0.05) is 6.54 Å². The maximum absolute atomic E-state index is 10.9. The molecule has 1 rings (SSSR count). The molecule has 17 heavy (non-hydrogen) atoms. The van der Waals surface area contributed by atoms with Gasteiger partial charge in [-0.3, -0.25) is 4.79 Å². The molecule has 0 aromatic heterocycles. The smallest absolute Gasteiger partial charge is 0.309 e. The van der Waals surface area contributed by atoms with Gasteiger partial charge < -0.3 is 15.3 Å². The van der Waals surface area contributed by atoms with E-state index in [4.69, 9.17) is 5.11 Å². The van der Waals surface area contributed by atoms with Crippen LogP contribution in [0.1, 0.15) is 33.1 Å². The van der Waals surface area contributed by atoms with E-state index in [1.807, 2.05) is 0 Å². The van der Waals surface area contributed by atoms with E-state index in [1.165, 1.54) is 19.4 Å². The lowest BCUT2D eigenvalue weighted by atomic mass is 9.89. The Morgan fingerprint density at radius 1 is 1.53 bits per heavy atom. The third kappa shape index (κ3) is 5.04. The summed E-state index contributed by atoms with van der Waals surface area (Å²) in [7, 11) is 2.17. The van der Waals surface area contributed by atoms with Crippen LogP contribution in [0.4, 0.5) is 0 Å². The molecular formula is C13H26N2O2.